The molecule has 2 N–H and O–H groups in total. The maximum Gasteiger partial charge on any atom is 0.253 e. The Labute approximate surface area is 184 Å². The molecule has 0 spiro atoms. The third-order valence-corrected chi connectivity index (χ3v) is 5.45. The molecule has 0 saturated carbocycles. The summed E-state index contributed by atoms with van der Waals surface area (Å²) in [6, 6.07) is 18.3. The van der Waals surface area contributed by atoms with Gasteiger partial charge in [-0.3, -0.25) is 4.79 Å². The van der Waals surface area contributed by atoms with E-state index in [1.165, 1.54) is 17.0 Å². The Kier molecular flexibility index (Phi) is 5.91. The van der Waals surface area contributed by atoms with Crippen LogP contribution in [0.3, 0.4) is 0 Å². The molecule has 0 radical (unpaired) electrons. The minimum absolute atomic E-state index is 0.0503. The van der Waals surface area contributed by atoms with E-state index in [4.69, 9.17) is 5.73 Å². The number of hydrogen-bond donors (Lipinski definition) is 1. The van der Waals surface area contributed by atoms with Gasteiger partial charge in [0.15, 0.2) is 0 Å². The molecule has 1 amide bonds. The fourth-order valence-corrected chi connectivity index (χ4v) is 3.60. The molecule has 0 unspecified atom stereocenters. The first-order valence-corrected chi connectivity index (χ1v) is 10.3. The zero-order valence-corrected chi connectivity index (χ0v) is 17.2. The summed E-state index contributed by atoms with van der Waals surface area (Å²) in [7, 11) is 0. The highest BCUT2D eigenvalue weighted by molar-refractivity contribution is 5.95. The highest BCUT2D eigenvalue weighted by Gasteiger charge is 2.35. The summed E-state index contributed by atoms with van der Waals surface area (Å²) < 4.78 is 39.8. The summed E-state index contributed by atoms with van der Waals surface area (Å²) in [6.07, 6.45) is -0.614. The quantitative estimate of drug-likeness (QED) is 0.437. The standard InChI is InChI=1S/C26H21F3N2O/c27-22-9-2-18(3-10-22)1-4-21-17-23(30)11-12-24(21)19-5-7-20(8-6-19)25(32)31-15-13-26(28,29)14-16-31/h2-3,5-12,17H,13-16,30H2. The van der Waals surface area contributed by atoms with Crippen molar-refractivity contribution in [2.45, 2.75) is 18.8 Å². The fraction of sp³-hybridized carbons (Fsp3) is 0.192. The molecule has 6 heteroatoms. The van der Waals surface area contributed by atoms with Crippen LogP contribution >= 0.6 is 0 Å². The van der Waals surface area contributed by atoms with Crippen LogP contribution in [0, 0.1) is 17.7 Å². The number of hydrogen-bond acceptors (Lipinski definition) is 2. The van der Waals surface area contributed by atoms with Crippen LogP contribution in [0.1, 0.15) is 34.3 Å². The van der Waals surface area contributed by atoms with E-state index in [1.807, 2.05) is 6.07 Å². The maximum absolute atomic E-state index is 13.4. The summed E-state index contributed by atoms with van der Waals surface area (Å²) in [6.45, 7) is 0.101. The molecule has 1 heterocycles. The predicted octanol–water partition coefficient (Wildman–Crippen LogP) is 5.35. The van der Waals surface area contributed by atoms with Crippen molar-refractivity contribution >= 4 is 11.6 Å². The highest BCUT2D eigenvalue weighted by atomic mass is 19.3. The van der Waals surface area contributed by atoms with Crippen LogP contribution < -0.4 is 5.73 Å². The van der Waals surface area contributed by atoms with E-state index in [-0.39, 0.29) is 37.7 Å². The maximum atomic E-state index is 13.4. The summed E-state index contributed by atoms with van der Waals surface area (Å²) >= 11 is 0. The van der Waals surface area contributed by atoms with Gasteiger partial charge in [-0.05, 0) is 59.7 Å². The van der Waals surface area contributed by atoms with Crippen LogP contribution in [0.25, 0.3) is 11.1 Å². The lowest BCUT2D eigenvalue weighted by molar-refractivity contribution is -0.0494. The van der Waals surface area contributed by atoms with Gasteiger partial charge in [-0.25, -0.2) is 13.2 Å². The summed E-state index contributed by atoms with van der Waals surface area (Å²) in [4.78, 5) is 14.1. The number of nitrogens with two attached hydrogens (primary N) is 1. The number of anilines is 1. The Hall–Kier alpha value is -3.72. The molecule has 1 aliphatic heterocycles. The van der Waals surface area contributed by atoms with Crippen LogP contribution in [0.5, 0.6) is 0 Å². The number of piperidine rings is 1. The second kappa shape index (κ2) is 8.80. The Morgan fingerprint density at radius 3 is 2.22 bits per heavy atom. The van der Waals surface area contributed by atoms with Crippen LogP contribution in [0.4, 0.5) is 18.9 Å². The number of likely N-dealkylation sites (tertiary alicyclic amines) is 1. The minimum atomic E-state index is -2.69. The molecule has 0 bridgehead atoms. The van der Waals surface area contributed by atoms with Crippen molar-refractivity contribution < 1.29 is 18.0 Å². The number of nitrogen functional groups attached to an aromatic ring is 1. The molecule has 162 valence electrons. The molecular weight excluding hydrogens is 413 g/mol. The first-order chi connectivity index (χ1) is 15.3. The summed E-state index contributed by atoms with van der Waals surface area (Å²) in [5.74, 6) is 2.83. The first-order valence-electron chi connectivity index (χ1n) is 10.3. The number of amides is 1. The number of rotatable bonds is 2. The van der Waals surface area contributed by atoms with E-state index in [1.54, 1.807) is 48.5 Å². The van der Waals surface area contributed by atoms with Gasteiger partial charge in [-0.15, -0.1) is 0 Å². The zero-order valence-electron chi connectivity index (χ0n) is 17.2. The molecule has 4 rings (SSSR count). The third kappa shape index (κ3) is 4.94. The van der Waals surface area contributed by atoms with E-state index >= 15 is 0 Å². The van der Waals surface area contributed by atoms with E-state index in [9.17, 15) is 18.0 Å². The van der Waals surface area contributed by atoms with Crippen molar-refractivity contribution in [1.82, 2.24) is 4.90 Å². The van der Waals surface area contributed by atoms with E-state index < -0.39 is 5.92 Å². The van der Waals surface area contributed by atoms with Crippen molar-refractivity contribution in [2.24, 2.45) is 0 Å². The monoisotopic (exact) mass is 434 g/mol. The van der Waals surface area contributed by atoms with Crippen LogP contribution in [0.2, 0.25) is 0 Å². The van der Waals surface area contributed by atoms with Gasteiger partial charge < -0.3 is 10.6 Å². The van der Waals surface area contributed by atoms with Gasteiger partial charge >= 0.3 is 0 Å². The van der Waals surface area contributed by atoms with E-state index in [2.05, 4.69) is 11.8 Å². The predicted molar refractivity (Wildman–Crippen MR) is 119 cm³/mol. The largest absolute Gasteiger partial charge is 0.399 e. The van der Waals surface area contributed by atoms with Crippen LogP contribution in [-0.2, 0) is 0 Å². The topological polar surface area (TPSA) is 46.3 Å². The number of benzene rings is 3. The molecule has 0 aromatic heterocycles. The second-order valence-electron chi connectivity index (χ2n) is 7.79. The van der Waals surface area contributed by atoms with Crippen molar-refractivity contribution in [2.75, 3.05) is 18.8 Å². The van der Waals surface area contributed by atoms with Gasteiger partial charge in [0.05, 0.1) is 0 Å². The molecule has 32 heavy (non-hydrogen) atoms. The number of nitrogens with zero attached hydrogens (tertiary/aromatic N) is 1. The smallest absolute Gasteiger partial charge is 0.253 e. The van der Waals surface area contributed by atoms with E-state index in [0.29, 0.717) is 22.4 Å². The van der Waals surface area contributed by atoms with Gasteiger partial charge in [0.25, 0.3) is 11.8 Å². The second-order valence-corrected chi connectivity index (χ2v) is 7.79. The Bertz CT molecular complexity index is 1180. The summed E-state index contributed by atoms with van der Waals surface area (Å²) in [5, 5.41) is 0. The Morgan fingerprint density at radius 1 is 0.906 bits per heavy atom. The number of carbonyl (C=O) groups excluding carboxylic acids is 1. The van der Waals surface area contributed by atoms with Gasteiger partial charge in [-0.1, -0.05) is 30.0 Å². The molecule has 1 saturated heterocycles. The van der Waals surface area contributed by atoms with Crippen LogP contribution in [0.15, 0.2) is 66.7 Å². The lowest BCUT2D eigenvalue weighted by Gasteiger charge is -2.31. The lowest BCUT2D eigenvalue weighted by atomic mass is 9.97. The lowest BCUT2D eigenvalue weighted by Crippen LogP contribution is -2.42. The van der Waals surface area contributed by atoms with Crippen molar-refractivity contribution in [3.8, 4) is 23.0 Å². The van der Waals surface area contributed by atoms with Gasteiger partial charge in [-0.2, -0.15) is 0 Å². The molecule has 3 nitrogen and oxygen atoms in total. The molecule has 0 atom stereocenters. The Balaban J connectivity index is 1.57. The van der Waals surface area contributed by atoms with Crippen molar-refractivity contribution in [3.63, 3.8) is 0 Å². The van der Waals surface area contributed by atoms with Gasteiger partial charge in [0.2, 0.25) is 0 Å². The molecule has 1 aliphatic rings. The first kappa shape index (κ1) is 21.5. The van der Waals surface area contributed by atoms with Crippen molar-refractivity contribution in [3.05, 3.63) is 89.2 Å². The molecule has 0 aliphatic carbocycles. The van der Waals surface area contributed by atoms with Gasteiger partial charge in [0.1, 0.15) is 5.82 Å². The zero-order chi connectivity index (χ0) is 22.7. The fourth-order valence-electron chi connectivity index (χ4n) is 3.60. The SMILES string of the molecule is Nc1ccc(-c2ccc(C(=O)N3CCC(F)(F)CC3)cc2)c(C#Cc2ccc(F)cc2)c1. The van der Waals surface area contributed by atoms with E-state index in [0.717, 1.165) is 11.1 Å². The number of alkyl halides is 2. The average molecular weight is 434 g/mol. The number of carbonyl (C=O) groups is 1. The minimum Gasteiger partial charge on any atom is -0.399 e. The average Bonchev–Trinajstić information content (AvgIpc) is 2.78. The molecule has 1 fully saturated rings. The molecular formula is C26H21F3N2O. The molecule has 3 aromatic carbocycles. The van der Waals surface area contributed by atoms with Crippen molar-refractivity contribution in [1.29, 1.82) is 0 Å². The summed E-state index contributed by atoms with van der Waals surface area (Å²) in [5.41, 5.74) is 10.0. The third-order valence-electron chi connectivity index (χ3n) is 5.45. The Morgan fingerprint density at radius 2 is 1.56 bits per heavy atom. The number of halogens is 3. The highest BCUT2D eigenvalue weighted by Crippen LogP contribution is 2.29. The van der Waals surface area contributed by atoms with Crippen LogP contribution in [-0.4, -0.2) is 29.8 Å². The van der Waals surface area contributed by atoms with Gasteiger partial charge in [0, 0.05) is 48.3 Å². The molecule has 3 aromatic rings. The normalized spacial score (nSPS) is 15.0.